The van der Waals surface area contributed by atoms with E-state index in [1.807, 2.05) is 0 Å². The molecular formula is C17H28N2. The van der Waals surface area contributed by atoms with Gasteiger partial charge in [-0.25, -0.2) is 0 Å². The van der Waals surface area contributed by atoms with Crippen LogP contribution in [0.1, 0.15) is 63.1 Å². The van der Waals surface area contributed by atoms with Gasteiger partial charge < -0.3 is 5.32 Å². The summed E-state index contributed by atoms with van der Waals surface area (Å²) in [6.45, 7) is 7.68. The molecule has 106 valence electrons. The van der Waals surface area contributed by atoms with Crippen LogP contribution < -0.4 is 5.32 Å². The Bertz CT molecular complexity index is 369. The maximum atomic E-state index is 4.49. The predicted molar refractivity (Wildman–Crippen MR) is 81.4 cm³/mol. The van der Waals surface area contributed by atoms with Crippen molar-refractivity contribution in [1.82, 2.24) is 10.3 Å². The highest BCUT2D eigenvalue weighted by molar-refractivity contribution is 5.19. The third-order valence-corrected chi connectivity index (χ3v) is 4.31. The van der Waals surface area contributed by atoms with E-state index in [-0.39, 0.29) is 0 Å². The molecule has 2 nitrogen and oxygen atoms in total. The van der Waals surface area contributed by atoms with Gasteiger partial charge in [0.1, 0.15) is 0 Å². The van der Waals surface area contributed by atoms with E-state index in [9.17, 15) is 0 Å². The standard InChI is InChI=1S/C17H28N2/c1-13(2)18-11-15-7-5-4-6-8-17(15)16-10-9-14(3)19-12-16/h9-10,12-13,15,17-18H,4-8,11H2,1-3H3. The zero-order chi connectivity index (χ0) is 13.7. The van der Waals surface area contributed by atoms with Gasteiger partial charge in [-0.3, -0.25) is 4.98 Å². The summed E-state index contributed by atoms with van der Waals surface area (Å²) in [6.07, 6.45) is 8.95. The van der Waals surface area contributed by atoms with Crippen molar-refractivity contribution in [2.75, 3.05) is 6.54 Å². The Morgan fingerprint density at radius 3 is 2.68 bits per heavy atom. The summed E-state index contributed by atoms with van der Waals surface area (Å²) < 4.78 is 0. The minimum absolute atomic E-state index is 0.583. The third-order valence-electron chi connectivity index (χ3n) is 4.31. The molecule has 2 unspecified atom stereocenters. The van der Waals surface area contributed by atoms with Crippen molar-refractivity contribution in [1.29, 1.82) is 0 Å². The Labute approximate surface area is 118 Å². The van der Waals surface area contributed by atoms with Crippen LogP contribution in [0, 0.1) is 12.8 Å². The second-order valence-corrected chi connectivity index (χ2v) is 6.30. The quantitative estimate of drug-likeness (QED) is 0.826. The Morgan fingerprint density at radius 2 is 2.00 bits per heavy atom. The van der Waals surface area contributed by atoms with Gasteiger partial charge in [-0.05, 0) is 49.8 Å². The number of rotatable bonds is 4. The average Bonchev–Trinajstić information content (AvgIpc) is 2.62. The molecule has 0 aromatic carbocycles. The van der Waals surface area contributed by atoms with Crippen molar-refractivity contribution in [3.05, 3.63) is 29.6 Å². The number of nitrogens with one attached hydrogen (secondary N) is 1. The molecule has 2 atom stereocenters. The van der Waals surface area contributed by atoms with Crippen LogP contribution in [0.2, 0.25) is 0 Å². The van der Waals surface area contributed by atoms with Crippen LogP contribution in [-0.4, -0.2) is 17.6 Å². The molecule has 1 aliphatic carbocycles. The van der Waals surface area contributed by atoms with Crippen LogP contribution in [0.25, 0.3) is 0 Å². The first kappa shape index (κ1) is 14.5. The lowest BCUT2D eigenvalue weighted by molar-refractivity contribution is 0.362. The van der Waals surface area contributed by atoms with E-state index in [1.165, 1.54) is 37.7 Å². The normalized spacial score (nSPS) is 24.4. The fraction of sp³-hybridized carbons (Fsp3) is 0.706. The van der Waals surface area contributed by atoms with E-state index in [1.54, 1.807) is 0 Å². The van der Waals surface area contributed by atoms with Crippen molar-refractivity contribution >= 4 is 0 Å². The molecule has 1 aromatic rings. The minimum atomic E-state index is 0.583. The molecule has 19 heavy (non-hydrogen) atoms. The smallest absolute Gasteiger partial charge is 0.0372 e. The highest BCUT2D eigenvalue weighted by atomic mass is 14.9. The SMILES string of the molecule is Cc1ccc(C2CCCCCC2CNC(C)C)cn1. The van der Waals surface area contributed by atoms with Gasteiger partial charge in [0, 0.05) is 17.9 Å². The van der Waals surface area contributed by atoms with Crippen molar-refractivity contribution in [2.45, 2.75) is 64.8 Å². The summed E-state index contributed by atoms with van der Waals surface area (Å²) in [5.41, 5.74) is 2.57. The van der Waals surface area contributed by atoms with Crippen molar-refractivity contribution in [2.24, 2.45) is 5.92 Å². The molecule has 1 N–H and O–H groups in total. The molecule has 2 rings (SSSR count). The van der Waals surface area contributed by atoms with Gasteiger partial charge in [0.2, 0.25) is 0 Å². The second-order valence-electron chi connectivity index (χ2n) is 6.30. The number of hydrogen-bond acceptors (Lipinski definition) is 2. The van der Waals surface area contributed by atoms with E-state index < -0.39 is 0 Å². The molecule has 1 aliphatic rings. The highest BCUT2D eigenvalue weighted by Gasteiger charge is 2.25. The van der Waals surface area contributed by atoms with Crippen molar-refractivity contribution < 1.29 is 0 Å². The topological polar surface area (TPSA) is 24.9 Å². The lowest BCUT2D eigenvalue weighted by atomic mass is 9.83. The molecule has 0 radical (unpaired) electrons. The summed E-state index contributed by atoms with van der Waals surface area (Å²) in [5.74, 6) is 1.47. The molecule has 0 saturated heterocycles. The van der Waals surface area contributed by atoms with Crippen LogP contribution in [0.5, 0.6) is 0 Å². The van der Waals surface area contributed by atoms with E-state index in [2.05, 4.69) is 49.4 Å². The van der Waals surface area contributed by atoms with E-state index >= 15 is 0 Å². The van der Waals surface area contributed by atoms with E-state index in [0.717, 1.165) is 18.2 Å². The Hall–Kier alpha value is -0.890. The second kappa shape index (κ2) is 7.04. The molecule has 1 fully saturated rings. The summed E-state index contributed by atoms with van der Waals surface area (Å²) in [4.78, 5) is 4.49. The molecule has 0 spiro atoms. The van der Waals surface area contributed by atoms with E-state index in [4.69, 9.17) is 0 Å². The lowest BCUT2D eigenvalue weighted by Gasteiger charge is -2.26. The highest BCUT2D eigenvalue weighted by Crippen LogP contribution is 2.36. The van der Waals surface area contributed by atoms with Crippen molar-refractivity contribution in [3.8, 4) is 0 Å². The number of aromatic nitrogens is 1. The molecule has 0 aliphatic heterocycles. The number of aryl methyl sites for hydroxylation is 1. The van der Waals surface area contributed by atoms with Gasteiger partial charge in [0.15, 0.2) is 0 Å². The molecule has 1 aromatic heterocycles. The third kappa shape index (κ3) is 4.31. The predicted octanol–water partition coefficient (Wildman–Crippen LogP) is 4.05. The summed E-state index contributed by atoms with van der Waals surface area (Å²) >= 11 is 0. The Balaban J connectivity index is 2.09. The van der Waals surface area contributed by atoms with Gasteiger partial charge in [0.05, 0.1) is 0 Å². The van der Waals surface area contributed by atoms with Crippen LogP contribution in [-0.2, 0) is 0 Å². The Morgan fingerprint density at radius 1 is 1.21 bits per heavy atom. The van der Waals surface area contributed by atoms with Gasteiger partial charge in [-0.2, -0.15) is 0 Å². The number of pyridine rings is 1. The van der Waals surface area contributed by atoms with Gasteiger partial charge in [-0.1, -0.05) is 39.2 Å². The minimum Gasteiger partial charge on any atom is -0.314 e. The first-order chi connectivity index (χ1) is 9.16. The first-order valence-electron chi connectivity index (χ1n) is 7.82. The van der Waals surface area contributed by atoms with Crippen LogP contribution in [0.4, 0.5) is 0 Å². The molecule has 2 heteroatoms. The van der Waals surface area contributed by atoms with Crippen molar-refractivity contribution in [3.63, 3.8) is 0 Å². The maximum absolute atomic E-state index is 4.49. The fourth-order valence-electron chi connectivity index (χ4n) is 3.15. The summed E-state index contributed by atoms with van der Waals surface area (Å²) in [5, 5.41) is 3.63. The largest absolute Gasteiger partial charge is 0.314 e. The number of nitrogens with zero attached hydrogens (tertiary/aromatic N) is 1. The molecule has 0 bridgehead atoms. The maximum Gasteiger partial charge on any atom is 0.0372 e. The average molecular weight is 260 g/mol. The molecule has 1 saturated carbocycles. The molecule has 1 heterocycles. The monoisotopic (exact) mass is 260 g/mol. The zero-order valence-corrected chi connectivity index (χ0v) is 12.7. The Kier molecular flexibility index (Phi) is 5.38. The first-order valence-corrected chi connectivity index (χ1v) is 7.82. The summed E-state index contributed by atoms with van der Waals surface area (Å²) in [7, 11) is 0. The van der Waals surface area contributed by atoms with E-state index in [0.29, 0.717) is 12.0 Å². The van der Waals surface area contributed by atoms with Gasteiger partial charge >= 0.3 is 0 Å². The fourth-order valence-corrected chi connectivity index (χ4v) is 3.15. The number of hydrogen-bond donors (Lipinski definition) is 1. The lowest BCUT2D eigenvalue weighted by Crippen LogP contribution is -2.31. The van der Waals surface area contributed by atoms with Crippen LogP contribution in [0.3, 0.4) is 0 Å². The van der Waals surface area contributed by atoms with Crippen LogP contribution >= 0.6 is 0 Å². The molecular weight excluding hydrogens is 232 g/mol. The van der Waals surface area contributed by atoms with Gasteiger partial charge in [-0.15, -0.1) is 0 Å². The van der Waals surface area contributed by atoms with Crippen LogP contribution in [0.15, 0.2) is 18.3 Å². The van der Waals surface area contributed by atoms with Gasteiger partial charge in [0.25, 0.3) is 0 Å². The zero-order valence-electron chi connectivity index (χ0n) is 12.7. The molecule has 0 amide bonds. The summed E-state index contributed by atoms with van der Waals surface area (Å²) in [6, 6.07) is 5.04.